The van der Waals surface area contributed by atoms with E-state index < -0.39 is 12.0 Å². The van der Waals surface area contributed by atoms with Crippen LogP contribution in [0.2, 0.25) is 0 Å². The number of carboxylic acids is 1. The maximum absolute atomic E-state index is 11.2. The summed E-state index contributed by atoms with van der Waals surface area (Å²) in [6.07, 6.45) is 4.23. The van der Waals surface area contributed by atoms with Gasteiger partial charge in [-0.1, -0.05) is 36.8 Å². The molecule has 1 aromatic rings. The van der Waals surface area contributed by atoms with E-state index in [4.69, 9.17) is 4.84 Å². The van der Waals surface area contributed by atoms with Gasteiger partial charge in [0.25, 0.3) is 0 Å². The van der Waals surface area contributed by atoms with E-state index in [1.165, 1.54) is 19.3 Å². The summed E-state index contributed by atoms with van der Waals surface area (Å²) in [5.74, 6) is -0.892. The van der Waals surface area contributed by atoms with Gasteiger partial charge in [0.15, 0.2) is 0 Å². The predicted molar refractivity (Wildman–Crippen MR) is 80.9 cm³/mol. The van der Waals surface area contributed by atoms with Crippen molar-refractivity contribution < 1.29 is 14.7 Å². The van der Waals surface area contributed by atoms with Crippen LogP contribution in [0.15, 0.2) is 30.3 Å². The molecule has 1 heterocycles. The standard InChI is InChI=1S/C16H24N2O3/c19-16(20)15(13-14-7-3-1-4-8-14)17-21-12-11-18-9-5-2-6-10-18/h1,3-4,7-8,15,17H,2,5-6,9-13H2,(H,19,20)/t15-/m0/s1. The molecule has 2 rings (SSSR count). The van der Waals surface area contributed by atoms with Crippen LogP contribution in [0.1, 0.15) is 24.8 Å². The van der Waals surface area contributed by atoms with Crippen molar-refractivity contribution in [1.29, 1.82) is 0 Å². The van der Waals surface area contributed by atoms with Crippen LogP contribution in [0.4, 0.5) is 0 Å². The molecule has 0 aliphatic carbocycles. The van der Waals surface area contributed by atoms with Crippen LogP contribution >= 0.6 is 0 Å². The second kappa shape index (κ2) is 8.77. The fraction of sp³-hybridized carbons (Fsp3) is 0.562. The van der Waals surface area contributed by atoms with Gasteiger partial charge in [0, 0.05) is 13.0 Å². The van der Waals surface area contributed by atoms with E-state index >= 15 is 0 Å². The van der Waals surface area contributed by atoms with Crippen LogP contribution in [-0.2, 0) is 16.1 Å². The molecule has 1 aliphatic heterocycles. The van der Waals surface area contributed by atoms with Crippen LogP contribution in [0.3, 0.4) is 0 Å². The van der Waals surface area contributed by atoms with Crippen molar-refractivity contribution >= 4 is 5.97 Å². The highest BCUT2D eigenvalue weighted by Crippen LogP contribution is 2.08. The van der Waals surface area contributed by atoms with Gasteiger partial charge in [-0.3, -0.25) is 9.63 Å². The number of benzene rings is 1. The molecule has 0 spiro atoms. The normalized spacial score (nSPS) is 17.5. The van der Waals surface area contributed by atoms with Crippen LogP contribution in [0, 0.1) is 0 Å². The summed E-state index contributed by atoms with van der Waals surface area (Å²) in [5.41, 5.74) is 3.66. The molecule has 0 saturated carbocycles. The molecule has 0 aromatic heterocycles. The highest BCUT2D eigenvalue weighted by Gasteiger charge is 2.18. The maximum atomic E-state index is 11.2. The molecule has 0 bridgehead atoms. The SMILES string of the molecule is O=C(O)[C@H](Cc1ccccc1)NOCCN1CCCCC1. The van der Waals surface area contributed by atoms with Crippen molar-refractivity contribution in [3.05, 3.63) is 35.9 Å². The highest BCUT2D eigenvalue weighted by molar-refractivity contribution is 5.73. The topological polar surface area (TPSA) is 61.8 Å². The number of hydrogen-bond acceptors (Lipinski definition) is 4. The fourth-order valence-corrected chi connectivity index (χ4v) is 2.55. The second-order valence-corrected chi connectivity index (χ2v) is 5.45. The number of rotatable bonds is 8. The smallest absolute Gasteiger partial charge is 0.323 e. The molecule has 5 heteroatoms. The molecule has 0 radical (unpaired) electrons. The van der Waals surface area contributed by atoms with Crippen LogP contribution in [-0.4, -0.2) is 48.3 Å². The Morgan fingerprint density at radius 2 is 1.95 bits per heavy atom. The second-order valence-electron chi connectivity index (χ2n) is 5.45. The van der Waals surface area contributed by atoms with Crippen LogP contribution in [0.25, 0.3) is 0 Å². The first kappa shape index (κ1) is 15.9. The van der Waals surface area contributed by atoms with E-state index in [9.17, 15) is 9.90 Å². The van der Waals surface area contributed by atoms with E-state index in [2.05, 4.69) is 10.4 Å². The molecule has 1 atom stereocenters. The van der Waals surface area contributed by atoms with E-state index in [-0.39, 0.29) is 0 Å². The van der Waals surface area contributed by atoms with Crippen molar-refractivity contribution in [1.82, 2.24) is 10.4 Å². The summed E-state index contributed by atoms with van der Waals surface area (Å²) in [5, 5.41) is 9.23. The van der Waals surface area contributed by atoms with Gasteiger partial charge >= 0.3 is 5.97 Å². The number of carbonyl (C=O) groups is 1. The Kier molecular flexibility index (Phi) is 6.66. The summed E-state index contributed by atoms with van der Waals surface area (Å²) < 4.78 is 0. The number of nitrogens with one attached hydrogen (secondary N) is 1. The third-order valence-electron chi connectivity index (χ3n) is 3.76. The first-order valence-electron chi connectivity index (χ1n) is 7.62. The lowest BCUT2D eigenvalue weighted by molar-refractivity contribution is -0.144. The average Bonchev–Trinajstić information content (AvgIpc) is 2.52. The minimum atomic E-state index is -0.892. The van der Waals surface area contributed by atoms with Gasteiger partial charge in [0.1, 0.15) is 6.04 Å². The Labute approximate surface area is 125 Å². The van der Waals surface area contributed by atoms with E-state index in [1.807, 2.05) is 30.3 Å². The van der Waals surface area contributed by atoms with Gasteiger partial charge in [-0.25, -0.2) is 0 Å². The van der Waals surface area contributed by atoms with E-state index in [0.717, 1.165) is 25.2 Å². The maximum Gasteiger partial charge on any atom is 0.323 e. The Morgan fingerprint density at radius 1 is 1.24 bits per heavy atom. The minimum Gasteiger partial charge on any atom is -0.480 e. The Balaban J connectivity index is 1.69. The van der Waals surface area contributed by atoms with Gasteiger partial charge in [0.2, 0.25) is 0 Å². The lowest BCUT2D eigenvalue weighted by Gasteiger charge is -2.26. The van der Waals surface area contributed by atoms with Crippen molar-refractivity contribution in [2.75, 3.05) is 26.2 Å². The Bertz CT molecular complexity index is 419. The van der Waals surface area contributed by atoms with Crippen LogP contribution < -0.4 is 5.48 Å². The number of carboxylic acid groups (broad SMARTS) is 1. The quantitative estimate of drug-likeness (QED) is 0.564. The number of hydrogen-bond donors (Lipinski definition) is 2. The molecule has 116 valence electrons. The van der Waals surface area contributed by atoms with Gasteiger partial charge in [0.05, 0.1) is 6.61 Å². The minimum absolute atomic E-state index is 0.417. The number of likely N-dealkylation sites (tertiary alicyclic amines) is 1. The monoisotopic (exact) mass is 292 g/mol. The molecule has 1 aliphatic rings. The zero-order valence-corrected chi connectivity index (χ0v) is 12.3. The lowest BCUT2D eigenvalue weighted by atomic mass is 10.1. The summed E-state index contributed by atoms with van der Waals surface area (Å²) in [7, 11) is 0. The molecule has 21 heavy (non-hydrogen) atoms. The number of aliphatic carboxylic acids is 1. The molecule has 2 N–H and O–H groups in total. The zero-order chi connectivity index (χ0) is 14.9. The number of hydroxylamine groups is 1. The summed E-state index contributed by atoms with van der Waals surface area (Å²) in [4.78, 5) is 19.0. The molecule has 1 fully saturated rings. The molecular formula is C16H24N2O3. The molecule has 0 unspecified atom stereocenters. The van der Waals surface area contributed by atoms with Crippen molar-refractivity contribution in [2.24, 2.45) is 0 Å². The zero-order valence-electron chi connectivity index (χ0n) is 12.3. The van der Waals surface area contributed by atoms with Crippen LogP contribution in [0.5, 0.6) is 0 Å². The largest absolute Gasteiger partial charge is 0.480 e. The van der Waals surface area contributed by atoms with Crippen molar-refractivity contribution in [3.8, 4) is 0 Å². The Morgan fingerprint density at radius 3 is 2.62 bits per heavy atom. The molecule has 1 aromatic carbocycles. The van der Waals surface area contributed by atoms with Gasteiger partial charge in [-0.2, -0.15) is 5.48 Å². The molecular weight excluding hydrogens is 268 g/mol. The average molecular weight is 292 g/mol. The van der Waals surface area contributed by atoms with Gasteiger partial charge < -0.3 is 10.0 Å². The van der Waals surface area contributed by atoms with Crippen molar-refractivity contribution in [2.45, 2.75) is 31.7 Å². The summed E-state index contributed by atoms with van der Waals surface area (Å²) >= 11 is 0. The Hall–Kier alpha value is -1.43. The third-order valence-corrected chi connectivity index (χ3v) is 3.76. The third kappa shape index (κ3) is 5.83. The summed E-state index contributed by atoms with van der Waals surface area (Å²) in [6, 6.07) is 8.86. The highest BCUT2D eigenvalue weighted by atomic mass is 16.6. The van der Waals surface area contributed by atoms with E-state index in [0.29, 0.717) is 13.0 Å². The predicted octanol–water partition coefficient (Wildman–Crippen LogP) is 1.69. The van der Waals surface area contributed by atoms with E-state index in [1.54, 1.807) is 0 Å². The fourth-order valence-electron chi connectivity index (χ4n) is 2.55. The number of nitrogens with zero attached hydrogens (tertiary/aromatic N) is 1. The first-order valence-corrected chi connectivity index (χ1v) is 7.62. The van der Waals surface area contributed by atoms with Gasteiger partial charge in [-0.05, 0) is 31.5 Å². The molecule has 5 nitrogen and oxygen atoms in total. The lowest BCUT2D eigenvalue weighted by Crippen LogP contribution is -2.40. The molecule has 1 saturated heterocycles. The number of piperidine rings is 1. The molecule has 0 amide bonds. The first-order chi connectivity index (χ1) is 10.3. The van der Waals surface area contributed by atoms with Crippen molar-refractivity contribution in [3.63, 3.8) is 0 Å². The van der Waals surface area contributed by atoms with Gasteiger partial charge in [-0.15, -0.1) is 0 Å². The summed E-state index contributed by atoms with van der Waals surface area (Å²) in [6.45, 7) is 3.61.